The van der Waals surface area contributed by atoms with Crippen molar-refractivity contribution in [2.75, 3.05) is 0 Å². The average molecular weight is 276 g/mol. The van der Waals surface area contributed by atoms with E-state index in [0.717, 1.165) is 24.2 Å². The van der Waals surface area contributed by atoms with Gasteiger partial charge in [0.05, 0.1) is 6.10 Å². The van der Waals surface area contributed by atoms with Crippen LogP contribution in [0.4, 0.5) is 0 Å². The van der Waals surface area contributed by atoms with Crippen LogP contribution in [-0.2, 0) is 0 Å². The van der Waals surface area contributed by atoms with Gasteiger partial charge in [-0.1, -0.05) is 29.8 Å². The van der Waals surface area contributed by atoms with Crippen molar-refractivity contribution in [3.8, 4) is 5.75 Å². The van der Waals surface area contributed by atoms with Gasteiger partial charge in [0.15, 0.2) is 0 Å². The third-order valence-electron chi connectivity index (χ3n) is 3.07. The third-order valence-corrected chi connectivity index (χ3v) is 3.29. The molecule has 3 nitrogen and oxygen atoms in total. The van der Waals surface area contributed by atoms with Crippen molar-refractivity contribution < 1.29 is 9.84 Å². The van der Waals surface area contributed by atoms with E-state index in [4.69, 9.17) is 16.3 Å². The fourth-order valence-electron chi connectivity index (χ4n) is 1.88. The van der Waals surface area contributed by atoms with Crippen LogP contribution in [0.25, 0.3) is 0 Å². The molecule has 1 aliphatic rings. The first-order chi connectivity index (χ1) is 9.22. The van der Waals surface area contributed by atoms with E-state index >= 15 is 0 Å². The zero-order valence-corrected chi connectivity index (χ0v) is 11.0. The molecule has 0 amide bonds. The van der Waals surface area contributed by atoms with Gasteiger partial charge in [-0.15, -0.1) is 0 Å². The number of aliphatic hydroxyl groups is 1. The van der Waals surface area contributed by atoms with Gasteiger partial charge in [0, 0.05) is 11.8 Å². The number of rotatable bonds is 4. The molecule has 19 heavy (non-hydrogen) atoms. The summed E-state index contributed by atoms with van der Waals surface area (Å²) in [4.78, 5) is 3.98. The lowest BCUT2D eigenvalue weighted by Crippen LogP contribution is -2.02. The second-order valence-electron chi connectivity index (χ2n) is 4.71. The van der Waals surface area contributed by atoms with Crippen LogP contribution in [0, 0.1) is 0 Å². The maximum atomic E-state index is 10.3. The molecule has 0 bridgehead atoms. The van der Waals surface area contributed by atoms with E-state index in [0.29, 0.717) is 16.8 Å². The largest absolute Gasteiger partial charge is 0.490 e. The van der Waals surface area contributed by atoms with Gasteiger partial charge < -0.3 is 9.84 Å². The van der Waals surface area contributed by atoms with Crippen LogP contribution in [0.3, 0.4) is 0 Å². The first-order valence-corrected chi connectivity index (χ1v) is 6.66. The van der Waals surface area contributed by atoms with Crippen molar-refractivity contribution in [3.63, 3.8) is 0 Å². The molecule has 98 valence electrons. The molecule has 0 spiro atoms. The summed E-state index contributed by atoms with van der Waals surface area (Å²) < 4.78 is 5.72. The first kappa shape index (κ1) is 12.5. The van der Waals surface area contributed by atoms with Gasteiger partial charge in [-0.05, 0) is 36.6 Å². The number of benzene rings is 1. The number of hydrogen-bond acceptors (Lipinski definition) is 3. The molecule has 0 radical (unpaired) electrons. The van der Waals surface area contributed by atoms with Crippen molar-refractivity contribution in [1.29, 1.82) is 0 Å². The Labute approximate surface area is 116 Å². The molecule has 0 aliphatic heterocycles. The monoisotopic (exact) mass is 275 g/mol. The Morgan fingerprint density at radius 1 is 1.21 bits per heavy atom. The number of aliphatic hydroxyl groups excluding tert-OH is 1. The predicted octanol–water partition coefficient (Wildman–Crippen LogP) is 3.36. The molecule has 2 aromatic rings. The molecular formula is C15H14ClNO2. The van der Waals surface area contributed by atoms with Gasteiger partial charge in [-0.3, -0.25) is 0 Å². The number of pyridine rings is 1. The van der Waals surface area contributed by atoms with Crippen molar-refractivity contribution in [2.45, 2.75) is 25.0 Å². The van der Waals surface area contributed by atoms with E-state index in [1.807, 2.05) is 24.3 Å². The number of ether oxygens (including phenoxy) is 1. The summed E-state index contributed by atoms with van der Waals surface area (Å²) in [5, 5.41) is 10.7. The molecule has 1 fully saturated rings. The summed E-state index contributed by atoms with van der Waals surface area (Å²) in [6, 6.07) is 11.0. The van der Waals surface area contributed by atoms with Gasteiger partial charge in [-0.25, -0.2) is 4.98 Å². The fraction of sp³-hybridized carbons (Fsp3) is 0.267. The topological polar surface area (TPSA) is 42.4 Å². The molecule has 1 aromatic carbocycles. The van der Waals surface area contributed by atoms with Gasteiger partial charge in [-0.2, -0.15) is 0 Å². The Balaban J connectivity index is 1.81. The zero-order chi connectivity index (χ0) is 13.2. The molecule has 1 heterocycles. The molecule has 4 heteroatoms. The molecule has 1 unspecified atom stereocenters. The second kappa shape index (κ2) is 5.19. The van der Waals surface area contributed by atoms with Crippen LogP contribution in [-0.4, -0.2) is 16.2 Å². The summed E-state index contributed by atoms with van der Waals surface area (Å²) in [6.45, 7) is 0. The number of hydrogen-bond donors (Lipinski definition) is 1. The maximum absolute atomic E-state index is 10.3. The summed E-state index contributed by atoms with van der Waals surface area (Å²) >= 11 is 5.74. The van der Waals surface area contributed by atoms with Gasteiger partial charge >= 0.3 is 0 Å². The van der Waals surface area contributed by atoms with Crippen LogP contribution in [0.2, 0.25) is 5.15 Å². The first-order valence-electron chi connectivity index (χ1n) is 6.28. The van der Waals surface area contributed by atoms with Crippen LogP contribution in [0.15, 0.2) is 42.6 Å². The van der Waals surface area contributed by atoms with Crippen LogP contribution in [0.5, 0.6) is 5.75 Å². The van der Waals surface area contributed by atoms with E-state index in [-0.39, 0.29) is 0 Å². The molecule has 1 N–H and O–H groups in total. The van der Waals surface area contributed by atoms with Crippen molar-refractivity contribution in [2.24, 2.45) is 0 Å². The number of halogens is 1. The Morgan fingerprint density at radius 2 is 2.05 bits per heavy atom. The lowest BCUT2D eigenvalue weighted by molar-refractivity contribution is 0.218. The normalized spacial score (nSPS) is 16.1. The molecule has 0 saturated heterocycles. The minimum atomic E-state index is -0.715. The van der Waals surface area contributed by atoms with Crippen molar-refractivity contribution >= 4 is 11.6 Å². The average Bonchev–Trinajstić information content (AvgIpc) is 3.23. The van der Waals surface area contributed by atoms with Gasteiger partial charge in [0.2, 0.25) is 0 Å². The fourth-order valence-corrected chi connectivity index (χ4v) is 1.99. The summed E-state index contributed by atoms with van der Waals surface area (Å²) in [5.41, 5.74) is 1.51. The van der Waals surface area contributed by atoms with Crippen LogP contribution in [0.1, 0.15) is 30.1 Å². The highest BCUT2D eigenvalue weighted by molar-refractivity contribution is 6.29. The molecule has 1 saturated carbocycles. The van der Waals surface area contributed by atoms with Crippen molar-refractivity contribution in [1.82, 2.24) is 4.98 Å². The van der Waals surface area contributed by atoms with E-state index in [1.165, 1.54) is 0 Å². The molecule has 1 aromatic heterocycles. The molecule has 1 atom stereocenters. The lowest BCUT2D eigenvalue weighted by atomic mass is 10.0. The second-order valence-corrected chi connectivity index (χ2v) is 5.09. The Hall–Kier alpha value is -1.58. The van der Waals surface area contributed by atoms with Crippen LogP contribution < -0.4 is 4.74 Å². The van der Waals surface area contributed by atoms with E-state index in [9.17, 15) is 5.11 Å². The highest BCUT2D eigenvalue weighted by Crippen LogP contribution is 2.29. The van der Waals surface area contributed by atoms with Crippen molar-refractivity contribution in [3.05, 3.63) is 58.9 Å². The Morgan fingerprint density at radius 3 is 2.74 bits per heavy atom. The minimum absolute atomic E-state index is 0.351. The quantitative estimate of drug-likeness (QED) is 0.870. The van der Waals surface area contributed by atoms with Crippen LogP contribution >= 0.6 is 11.6 Å². The summed E-state index contributed by atoms with van der Waals surface area (Å²) in [6.07, 6.45) is 3.46. The minimum Gasteiger partial charge on any atom is -0.490 e. The highest BCUT2D eigenvalue weighted by Gasteiger charge is 2.23. The van der Waals surface area contributed by atoms with Gasteiger partial charge in [0.1, 0.15) is 17.0 Å². The SMILES string of the molecule is OC(c1ccc(Cl)nc1)c1cccc(OC2CC2)c1. The lowest BCUT2D eigenvalue weighted by Gasteiger charge is -2.13. The predicted molar refractivity (Wildman–Crippen MR) is 73.4 cm³/mol. The molecule has 3 rings (SSSR count). The molecule has 1 aliphatic carbocycles. The standard InChI is InChI=1S/C15H14ClNO2/c16-14-7-4-11(9-17-14)15(18)10-2-1-3-13(8-10)19-12-5-6-12/h1-4,7-9,12,15,18H,5-6H2. The molecular weight excluding hydrogens is 262 g/mol. The summed E-state index contributed by atoms with van der Waals surface area (Å²) in [5.74, 6) is 0.806. The highest BCUT2D eigenvalue weighted by atomic mass is 35.5. The van der Waals surface area contributed by atoms with Gasteiger partial charge in [0.25, 0.3) is 0 Å². The zero-order valence-electron chi connectivity index (χ0n) is 10.3. The third kappa shape index (κ3) is 3.06. The Bertz CT molecular complexity index is 567. The van der Waals surface area contributed by atoms with E-state index in [2.05, 4.69) is 4.98 Å². The number of aromatic nitrogens is 1. The van der Waals surface area contributed by atoms with E-state index in [1.54, 1.807) is 18.3 Å². The smallest absolute Gasteiger partial charge is 0.129 e. The van der Waals surface area contributed by atoms with E-state index < -0.39 is 6.10 Å². The number of nitrogens with zero attached hydrogens (tertiary/aromatic N) is 1. The summed E-state index contributed by atoms with van der Waals surface area (Å²) in [7, 11) is 0. The maximum Gasteiger partial charge on any atom is 0.129 e. The Kier molecular flexibility index (Phi) is 3.40.